The van der Waals surface area contributed by atoms with E-state index < -0.39 is 10.0 Å². The fraction of sp³-hybridized carbons (Fsp3) is 0.172. The highest BCUT2D eigenvalue weighted by molar-refractivity contribution is 7.93. The van der Waals surface area contributed by atoms with Gasteiger partial charge in [0.2, 0.25) is 5.91 Å². The van der Waals surface area contributed by atoms with Gasteiger partial charge >= 0.3 is 0 Å². The van der Waals surface area contributed by atoms with Crippen LogP contribution in [-0.2, 0) is 27.7 Å². The van der Waals surface area contributed by atoms with Gasteiger partial charge in [0.15, 0.2) is 0 Å². The Kier molecular flexibility index (Phi) is 6.45. The first-order valence-corrected chi connectivity index (χ1v) is 13.4. The molecular weight excluding hydrogens is 470 g/mol. The van der Waals surface area contributed by atoms with Crippen LogP contribution in [0.1, 0.15) is 29.5 Å². The molecule has 0 fully saturated rings. The van der Waals surface area contributed by atoms with Crippen molar-refractivity contribution in [2.45, 2.75) is 30.6 Å². The predicted molar refractivity (Wildman–Crippen MR) is 141 cm³/mol. The van der Waals surface area contributed by atoms with Crippen molar-refractivity contribution in [3.05, 3.63) is 102 Å². The van der Waals surface area contributed by atoms with Crippen molar-refractivity contribution in [2.24, 2.45) is 0 Å². The number of hydrogen-bond acceptors (Lipinski definition) is 4. The fourth-order valence-corrected chi connectivity index (χ4v) is 5.97. The number of anilines is 2. The Morgan fingerprint density at radius 1 is 0.972 bits per heavy atom. The van der Waals surface area contributed by atoms with E-state index in [-0.39, 0.29) is 10.8 Å². The summed E-state index contributed by atoms with van der Waals surface area (Å²) in [7, 11) is -3.79. The van der Waals surface area contributed by atoms with Gasteiger partial charge in [-0.2, -0.15) is 5.26 Å². The van der Waals surface area contributed by atoms with E-state index in [0.29, 0.717) is 36.0 Å². The van der Waals surface area contributed by atoms with Gasteiger partial charge in [0.1, 0.15) is 0 Å². The molecule has 7 heteroatoms. The van der Waals surface area contributed by atoms with Crippen LogP contribution in [0.4, 0.5) is 11.4 Å². The Bertz CT molecular complexity index is 1580. The highest BCUT2D eigenvalue weighted by Gasteiger charge is 2.24. The molecule has 0 saturated carbocycles. The summed E-state index contributed by atoms with van der Waals surface area (Å²) in [5.41, 5.74) is 3.87. The van der Waals surface area contributed by atoms with E-state index in [1.807, 2.05) is 48.5 Å². The second kappa shape index (κ2) is 9.84. The van der Waals surface area contributed by atoms with Gasteiger partial charge in [-0.1, -0.05) is 48.5 Å². The molecule has 4 aromatic rings. The zero-order chi connectivity index (χ0) is 25.1. The first-order chi connectivity index (χ1) is 17.4. The molecule has 0 radical (unpaired) electrons. The summed E-state index contributed by atoms with van der Waals surface area (Å²) >= 11 is 0. The van der Waals surface area contributed by atoms with Gasteiger partial charge in [0.25, 0.3) is 10.0 Å². The summed E-state index contributed by atoms with van der Waals surface area (Å²) in [6.45, 7) is 0.639. The minimum Gasteiger partial charge on any atom is -0.312 e. The van der Waals surface area contributed by atoms with Crippen LogP contribution >= 0.6 is 0 Å². The zero-order valence-electron chi connectivity index (χ0n) is 19.6. The van der Waals surface area contributed by atoms with E-state index >= 15 is 0 Å². The molecule has 36 heavy (non-hydrogen) atoms. The topological polar surface area (TPSA) is 90.3 Å². The zero-order valence-corrected chi connectivity index (χ0v) is 20.5. The van der Waals surface area contributed by atoms with E-state index in [1.54, 1.807) is 41.3 Å². The van der Waals surface area contributed by atoms with Gasteiger partial charge in [-0.05, 0) is 72.2 Å². The number of benzene rings is 4. The maximum Gasteiger partial charge on any atom is 0.262 e. The predicted octanol–water partition coefficient (Wildman–Crippen LogP) is 5.42. The molecule has 1 aliphatic heterocycles. The summed E-state index contributed by atoms with van der Waals surface area (Å²) in [5.74, 6) is 0.0318. The lowest BCUT2D eigenvalue weighted by Gasteiger charge is -2.30. The fourth-order valence-electron chi connectivity index (χ4n) is 4.69. The first-order valence-electron chi connectivity index (χ1n) is 11.9. The van der Waals surface area contributed by atoms with Crippen molar-refractivity contribution in [2.75, 3.05) is 16.2 Å². The van der Waals surface area contributed by atoms with Gasteiger partial charge in [-0.3, -0.25) is 9.52 Å². The maximum absolute atomic E-state index is 13.2. The highest BCUT2D eigenvalue weighted by atomic mass is 32.2. The van der Waals surface area contributed by atoms with Gasteiger partial charge in [-0.15, -0.1) is 0 Å². The molecule has 0 atom stereocenters. The average molecular weight is 496 g/mol. The molecule has 0 aromatic heterocycles. The van der Waals surface area contributed by atoms with Crippen molar-refractivity contribution in [1.82, 2.24) is 0 Å². The van der Waals surface area contributed by atoms with Gasteiger partial charge in [0.05, 0.1) is 16.5 Å². The lowest BCUT2D eigenvalue weighted by atomic mass is 10.00. The van der Waals surface area contributed by atoms with Crippen molar-refractivity contribution < 1.29 is 13.2 Å². The minimum atomic E-state index is -3.79. The maximum atomic E-state index is 13.2. The second-order valence-electron chi connectivity index (χ2n) is 8.88. The van der Waals surface area contributed by atoms with Crippen LogP contribution in [0.3, 0.4) is 0 Å². The van der Waals surface area contributed by atoms with E-state index in [9.17, 15) is 13.2 Å². The lowest BCUT2D eigenvalue weighted by Crippen LogP contribution is -2.35. The van der Waals surface area contributed by atoms with Crippen LogP contribution < -0.4 is 9.62 Å². The number of carbonyl (C=O) groups excluding carboxylic acids is 1. The first kappa shape index (κ1) is 23.6. The molecular formula is C29H25N3O3S. The molecule has 1 aliphatic rings. The number of amides is 1. The molecule has 180 valence electrons. The van der Waals surface area contributed by atoms with Crippen molar-refractivity contribution in [1.29, 1.82) is 5.26 Å². The molecule has 5 rings (SSSR count). The molecule has 4 aromatic carbocycles. The third-order valence-corrected chi connectivity index (χ3v) is 7.94. The Hall–Kier alpha value is -4.15. The number of hydrogen-bond donors (Lipinski definition) is 1. The van der Waals surface area contributed by atoms with E-state index in [4.69, 9.17) is 5.26 Å². The number of sulfonamides is 1. The molecule has 0 aliphatic carbocycles. The number of nitrogens with one attached hydrogen (secondary N) is 1. The van der Waals surface area contributed by atoms with Crippen LogP contribution in [0.2, 0.25) is 0 Å². The number of nitriles is 1. The summed E-state index contributed by atoms with van der Waals surface area (Å²) < 4.78 is 29.2. The van der Waals surface area contributed by atoms with Gasteiger partial charge in [0, 0.05) is 29.7 Å². The monoisotopic (exact) mass is 495 g/mol. The van der Waals surface area contributed by atoms with Gasteiger partial charge in [-0.25, -0.2) is 8.42 Å². The quantitative estimate of drug-likeness (QED) is 0.386. The Balaban J connectivity index is 1.33. The van der Waals surface area contributed by atoms with Crippen LogP contribution in [0.5, 0.6) is 0 Å². The number of aryl methyl sites for hydroxylation is 2. The van der Waals surface area contributed by atoms with Crippen LogP contribution in [0.25, 0.3) is 10.8 Å². The lowest BCUT2D eigenvalue weighted by molar-refractivity contribution is -0.118. The Labute approximate surface area is 210 Å². The minimum absolute atomic E-state index is 0.0318. The van der Waals surface area contributed by atoms with E-state index in [2.05, 4.69) is 10.8 Å². The molecule has 0 saturated heterocycles. The number of nitrogens with zero attached hydrogens (tertiary/aromatic N) is 2. The Morgan fingerprint density at radius 3 is 2.56 bits per heavy atom. The standard InChI is InChI=1S/C29H25N3O3S/c30-20-22-12-10-21(11-13-22)14-17-29(33)32-18-4-7-24-19-25(15-16-27(24)32)31-36(34,35)28-9-3-6-23-5-1-2-8-26(23)28/h1-3,5-6,8-13,15-16,19,31H,4,7,14,17-18H2. The highest BCUT2D eigenvalue weighted by Crippen LogP contribution is 2.32. The molecule has 6 nitrogen and oxygen atoms in total. The second-order valence-corrected chi connectivity index (χ2v) is 10.5. The third kappa shape index (κ3) is 4.81. The molecule has 1 heterocycles. The van der Waals surface area contributed by atoms with E-state index in [1.165, 1.54) is 0 Å². The molecule has 0 bridgehead atoms. The number of rotatable bonds is 6. The summed E-state index contributed by atoms with van der Waals surface area (Å²) in [6.07, 6.45) is 2.55. The van der Waals surface area contributed by atoms with Gasteiger partial charge < -0.3 is 4.90 Å². The van der Waals surface area contributed by atoms with Crippen LogP contribution in [0, 0.1) is 11.3 Å². The van der Waals surface area contributed by atoms with Crippen molar-refractivity contribution >= 4 is 38.1 Å². The van der Waals surface area contributed by atoms with Crippen LogP contribution in [-0.4, -0.2) is 20.9 Å². The largest absolute Gasteiger partial charge is 0.312 e. The summed E-state index contributed by atoms with van der Waals surface area (Å²) in [4.78, 5) is 15.1. The molecule has 0 spiro atoms. The number of fused-ring (bicyclic) bond motifs is 2. The van der Waals surface area contributed by atoms with E-state index in [0.717, 1.165) is 35.0 Å². The van der Waals surface area contributed by atoms with Crippen molar-refractivity contribution in [3.63, 3.8) is 0 Å². The smallest absolute Gasteiger partial charge is 0.262 e. The molecule has 1 amide bonds. The summed E-state index contributed by atoms with van der Waals surface area (Å²) in [5, 5.41) is 10.5. The Morgan fingerprint density at radius 2 is 1.75 bits per heavy atom. The SMILES string of the molecule is N#Cc1ccc(CCC(=O)N2CCCc3cc(NS(=O)(=O)c4cccc5ccccc45)ccc32)cc1. The third-order valence-electron chi connectivity index (χ3n) is 6.50. The normalized spacial score (nSPS) is 13.1. The van der Waals surface area contributed by atoms with Crippen molar-refractivity contribution in [3.8, 4) is 6.07 Å². The summed E-state index contributed by atoms with van der Waals surface area (Å²) in [6, 6.07) is 27.4. The average Bonchev–Trinajstić information content (AvgIpc) is 2.91. The molecule has 1 N–H and O–H groups in total. The number of carbonyl (C=O) groups is 1. The van der Waals surface area contributed by atoms with Crippen LogP contribution in [0.15, 0.2) is 89.8 Å². The molecule has 0 unspecified atom stereocenters.